The van der Waals surface area contributed by atoms with Crippen molar-refractivity contribution >= 4 is 29.1 Å². The Bertz CT molecular complexity index is 707. The first-order valence-electron chi connectivity index (χ1n) is 8.32. The van der Waals surface area contributed by atoms with Gasteiger partial charge in [-0.2, -0.15) is 0 Å². The van der Waals surface area contributed by atoms with Crippen LogP contribution in [0.4, 0.5) is 0 Å². The molecule has 126 valence electrons. The standard InChI is InChI=1S/C20H21Cl2NO/c1-14-5-7-15(8-6-14)9-11-23-12-10-16(20(23)24)13-17-18(21)3-2-4-19(17)22/h2-8,16H,9-13H2,1H3. The normalized spacial score (nSPS) is 17.5. The predicted octanol–water partition coefficient (Wildman–Crippen LogP) is 4.94. The average molecular weight is 362 g/mol. The van der Waals surface area contributed by atoms with Gasteiger partial charge in [0.25, 0.3) is 0 Å². The van der Waals surface area contributed by atoms with E-state index in [2.05, 4.69) is 31.2 Å². The number of carbonyl (C=O) groups excluding carboxylic acids is 1. The number of benzene rings is 2. The summed E-state index contributed by atoms with van der Waals surface area (Å²) in [7, 11) is 0. The molecular formula is C20H21Cl2NO. The summed E-state index contributed by atoms with van der Waals surface area (Å²) < 4.78 is 0. The summed E-state index contributed by atoms with van der Waals surface area (Å²) in [6.07, 6.45) is 2.39. The molecule has 0 aliphatic carbocycles. The van der Waals surface area contributed by atoms with Gasteiger partial charge in [0.15, 0.2) is 0 Å². The molecule has 2 aromatic carbocycles. The maximum Gasteiger partial charge on any atom is 0.226 e. The molecule has 1 aliphatic heterocycles. The molecular weight excluding hydrogens is 341 g/mol. The largest absolute Gasteiger partial charge is 0.342 e. The van der Waals surface area contributed by atoms with Crippen molar-refractivity contribution in [3.63, 3.8) is 0 Å². The van der Waals surface area contributed by atoms with Gasteiger partial charge in [-0.15, -0.1) is 0 Å². The number of hydrogen-bond acceptors (Lipinski definition) is 1. The van der Waals surface area contributed by atoms with Gasteiger partial charge >= 0.3 is 0 Å². The van der Waals surface area contributed by atoms with Crippen LogP contribution in [0.3, 0.4) is 0 Å². The third kappa shape index (κ3) is 3.93. The third-order valence-electron chi connectivity index (χ3n) is 4.71. The van der Waals surface area contributed by atoms with Gasteiger partial charge in [-0.1, -0.05) is 59.1 Å². The van der Waals surface area contributed by atoms with E-state index in [9.17, 15) is 4.79 Å². The molecule has 0 radical (unpaired) electrons. The molecule has 1 heterocycles. The van der Waals surface area contributed by atoms with Crippen LogP contribution in [0.2, 0.25) is 10.0 Å². The van der Waals surface area contributed by atoms with Crippen molar-refractivity contribution in [1.82, 2.24) is 4.90 Å². The van der Waals surface area contributed by atoms with Gasteiger partial charge in [-0.05, 0) is 49.4 Å². The number of likely N-dealkylation sites (tertiary alicyclic amines) is 1. The van der Waals surface area contributed by atoms with Crippen LogP contribution in [-0.2, 0) is 17.6 Å². The number of amides is 1. The van der Waals surface area contributed by atoms with Crippen LogP contribution < -0.4 is 0 Å². The predicted molar refractivity (Wildman–Crippen MR) is 99.7 cm³/mol. The lowest BCUT2D eigenvalue weighted by Crippen LogP contribution is -2.30. The zero-order valence-corrected chi connectivity index (χ0v) is 15.3. The van der Waals surface area contributed by atoms with Crippen LogP contribution in [0.1, 0.15) is 23.1 Å². The van der Waals surface area contributed by atoms with Crippen LogP contribution >= 0.6 is 23.2 Å². The molecule has 0 N–H and O–H groups in total. The lowest BCUT2D eigenvalue weighted by atomic mass is 9.98. The molecule has 3 rings (SSSR count). The maximum atomic E-state index is 12.6. The van der Waals surface area contributed by atoms with Crippen molar-refractivity contribution in [2.24, 2.45) is 5.92 Å². The second-order valence-electron chi connectivity index (χ2n) is 6.45. The first-order valence-corrected chi connectivity index (χ1v) is 9.07. The fraction of sp³-hybridized carbons (Fsp3) is 0.350. The average Bonchev–Trinajstić information content (AvgIpc) is 2.91. The summed E-state index contributed by atoms with van der Waals surface area (Å²) in [6.45, 7) is 3.67. The first-order chi connectivity index (χ1) is 11.5. The van der Waals surface area contributed by atoms with Gasteiger partial charge in [-0.3, -0.25) is 4.79 Å². The fourth-order valence-electron chi connectivity index (χ4n) is 3.21. The van der Waals surface area contributed by atoms with Crippen LogP contribution in [0.15, 0.2) is 42.5 Å². The number of rotatable bonds is 5. The Labute approximate surface area is 153 Å². The highest BCUT2D eigenvalue weighted by Crippen LogP contribution is 2.30. The molecule has 4 heteroatoms. The van der Waals surface area contributed by atoms with E-state index in [-0.39, 0.29) is 11.8 Å². The van der Waals surface area contributed by atoms with Crippen molar-refractivity contribution in [3.8, 4) is 0 Å². The number of aryl methyl sites for hydroxylation is 1. The Kier molecular flexibility index (Phi) is 5.47. The summed E-state index contributed by atoms with van der Waals surface area (Å²) in [5.74, 6) is 0.207. The van der Waals surface area contributed by atoms with E-state index in [4.69, 9.17) is 23.2 Å². The summed E-state index contributed by atoms with van der Waals surface area (Å²) in [5, 5.41) is 1.29. The smallest absolute Gasteiger partial charge is 0.226 e. The van der Waals surface area contributed by atoms with E-state index in [1.807, 2.05) is 23.1 Å². The van der Waals surface area contributed by atoms with Crippen LogP contribution in [0.25, 0.3) is 0 Å². The Morgan fingerprint density at radius 3 is 2.42 bits per heavy atom. The SMILES string of the molecule is Cc1ccc(CCN2CCC(Cc3c(Cl)cccc3Cl)C2=O)cc1. The van der Waals surface area contributed by atoms with Gasteiger partial charge in [0.05, 0.1) is 0 Å². The van der Waals surface area contributed by atoms with Crippen molar-refractivity contribution in [1.29, 1.82) is 0 Å². The van der Waals surface area contributed by atoms with E-state index in [0.29, 0.717) is 16.5 Å². The molecule has 0 saturated carbocycles. The quantitative estimate of drug-likeness (QED) is 0.738. The molecule has 24 heavy (non-hydrogen) atoms. The molecule has 1 unspecified atom stereocenters. The molecule has 1 atom stereocenters. The van der Waals surface area contributed by atoms with E-state index in [1.54, 1.807) is 0 Å². The van der Waals surface area contributed by atoms with E-state index in [0.717, 1.165) is 31.5 Å². The van der Waals surface area contributed by atoms with Crippen molar-refractivity contribution in [3.05, 3.63) is 69.2 Å². The van der Waals surface area contributed by atoms with Crippen LogP contribution in [0.5, 0.6) is 0 Å². The molecule has 0 aromatic heterocycles. The molecule has 2 nitrogen and oxygen atoms in total. The minimum atomic E-state index is -0.0135. The summed E-state index contributed by atoms with van der Waals surface area (Å²) >= 11 is 12.5. The second kappa shape index (κ2) is 7.58. The third-order valence-corrected chi connectivity index (χ3v) is 5.42. The maximum absolute atomic E-state index is 12.6. The lowest BCUT2D eigenvalue weighted by Gasteiger charge is -2.17. The molecule has 1 fully saturated rings. The second-order valence-corrected chi connectivity index (χ2v) is 7.27. The van der Waals surface area contributed by atoms with Crippen molar-refractivity contribution in [2.75, 3.05) is 13.1 Å². The Morgan fingerprint density at radius 1 is 1.08 bits per heavy atom. The van der Waals surface area contributed by atoms with Gasteiger partial charge in [0, 0.05) is 29.1 Å². The van der Waals surface area contributed by atoms with Gasteiger partial charge in [-0.25, -0.2) is 0 Å². The van der Waals surface area contributed by atoms with Gasteiger partial charge in [0.1, 0.15) is 0 Å². The fourth-order valence-corrected chi connectivity index (χ4v) is 3.76. The molecule has 0 spiro atoms. The number of halogens is 2. The van der Waals surface area contributed by atoms with E-state index < -0.39 is 0 Å². The topological polar surface area (TPSA) is 20.3 Å². The minimum Gasteiger partial charge on any atom is -0.342 e. The Balaban J connectivity index is 1.59. The molecule has 0 bridgehead atoms. The summed E-state index contributed by atoms with van der Waals surface area (Å²) in [6, 6.07) is 14.0. The Hall–Kier alpha value is -1.51. The zero-order valence-electron chi connectivity index (χ0n) is 13.8. The Morgan fingerprint density at radius 2 is 1.75 bits per heavy atom. The van der Waals surface area contributed by atoms with Gasteiger partial charge in [0.2, 0.25) is 5.91 Å². The highest BCUT2D eigenvalue weighted by Gasteiger charge is 2.32. The molecule has 1 saturated heterocycles. The molecule has 1 aliphatic rings. The summed E-state index contributed by atoms with van der Waals surface area (Å²) in [4.78, 5) is 14.6. The van der Waals surface area contributed by atoms with Crippen molar-refractivity contribution < 1.29 is 4.79 Å². The summed E-state index contributed by atoms with van der Waals surface area (Å²) in [5.41, 5.74) is 3.42. The van der Waals surface area contributed by atoms with Gasteiger partial charge < -0.3 is 4.90 Å². The highest BCUT2D eigenvalue weighted by molar-refractivity contribution is 6.36. The van der Waals surface area contributed by atoms with Crippen LogP contribution in [-0.4, -0.2) is 23.9 Å². The number of hydrogen-bond donors (Lipinski definition) is 0. The lowest BCUT2D eigenvalue weighted by molar-refractivity contribution is -0.130. The molecule has 2 aromatic rings. The number of nitrogens with zero attached hydrogens (tertiary/aromatic N) is 1. The first kappa shape index (κ1) is 17.3. The highest BCUT2D eigenvalue weighted by atomic mass is 35.5. The van der Waals surface area contributed by atoms with Crippen molar-refractivity contribution in [2.45, 2.75) is 26.2 Å². The number of carbonyl (C=O) groups is 1. The molecule has 1 amide bonds. The zero-order chi connectivity index (χ0) is 17.1. The monoisotopic (exact) mass is 361 g/mol. The minimum absolute atomic E-state index is 0.0135. The van der Waals surface area contributed by atoms with Crippen LogP contribution in [0, 0.1) is 12.8 Å². The van der Waals surface area contributed by atoms with E-state index >= 15 is 0 Å². The van der Waals surface area contributed by atoms with E-state index in [1.165, 1.54) is 11.1 Å².